The summed E-state index contributed by atoms with van der Waals surface area (Å²) in [4.78, 5) is 29.0. The van der Waals surface area contributed by atoms with Gasteiger partial charge in [-0.15, -0.1) is 0 Å². The van der Waals surface area contributed by atoms with Crippen LogP contribution in [0.25, 0.3) is 5.65 Å². The van der Waals surface area contributed by atoms with Crippen molar-refractivity contribution in [2.75, 3.05) is 11.9 Å². The SMILES string of the molecule is CCc1cccc(CC)c1NC(=O)COC(=O)c1c(C)nn2cccnc12. The Labute approximate surface area is 157 Å². The lowest BCUT2D eigenvalue weighted by atomic mass is 10.0. The number of fused-ring (bicyclic) bond motifs is 1. The zero-order chi connectivity index (χ0) is 19.4. The Hall–Kier alpha value is -3.22. The minimum absolute atomic E-state index is 0.270. The van der Waals surface area contributed by atoms with Crippen LogP contribution in [0.5, 0.6) is 0 Å². The molecule has 0 atom stereocenters. The second-order valence-electron chi connectivity index (χ2n) is 6.13. The minimum Gasteiger partial charge on any atom is -0.452 e. The molecule has 1 amide bonds. The van der Waals surface area contributed by atoms with Crippen molar-refractivity contribution in [1.29, 1.82) is 0 Å². The number of nitrogens with one attached hydrogen (secondary N) is 1. The highest BCUT2D eigenvalue weighted by Crippen LogP contribution is 2.22. The Kier molecular flexibility index (Phi) is 5.49. The average Bonchev–Trinajstić information content (AvgIpc) is 3.02. The minimum atomic E-state index is -0.615. The highest BCUT2D eigenvalue weighted by molar-refractivity contribution is 5.99. The highest BCUT2D eigenvalue weighted by atomic mass is 16.5. The van der Waals surface area contributed by atoms with E-state index in [4.69, 9.17) is 4.74 Å². The van der Waals surface area contributed by atoms with E-state index in [-0.39, 0.29) is 18.1 Å². The molecular formula is C20H22N4O3. The highest BCUT2D eigenvalue weighted by Gasteiger charge is 2.20. The van der Waals surface area contributed by atoms with E-state index in [0.717, 1.165) is 29.7 Å². The maximum atomic E-state index is 12.4. The van der Waals surface area contributed by atoms with Crippen molar-refractivity contribution in [3.8, 4) is 0 Å². The van der Waals surface area contributed by atoms with Crippen LogP contribution < -0.4 is 5.32 Å². The van der Waals surface area contributed by atoms with Gasteiger partial charge in [-0.2, -0.15) is 5.10 Å². The van der Waals surface area contributed by atoms with Crippen molar-refractivity contribution in [3.05, 3.63) is 59.0 Å². The fraction of sp³-hybridized carbons (Fsp3) is 0.300. The molecule has 7 heteroatoms. The number of nitrogens with zero attached hydrogens (tertiary/aromatic N) is 3. The fourth-order valence-corrected chi connectivity index (χ4v) is 3.02. The maximum Gasteiger partial charge on any atom is 0.344 e. The van der Waals surface area contributed by atoms with Crippen LogP contribution in [0, 0.1) is 6.92 Å². The topological polar surface area (TPSA) is 85.6 Å². The summed E-state index contributed by atoms with van der Waals surface area (Å²) in [5, 5.41) is 7.11. The molecule has 0 unspecified atom stereocenters. The predicted octanol–water partition coefficient (Wildman–Crippen LogP) is 2.96. The van der Waals surface area contributed by atoms with Crippen LogP contribution in [0.4, 0.5) is 5.69 Å². The molecule has 1 N–H and O–H groups in total. The standard InChI is InChI=1S/C20H22N4O3/c1-4-14-8-6-9-15(5-2)18(14)22-16(25)12-27-20(26)17-13(3)23-24-11-7-10-21-19(17)24/h6-11H,4-5,12H2,1-3H3,(H,22,25). The summed E-state index contributed by atoms with van der Waals surface area (Å²) in [6.07, 6.45) is 4.88. The molecule has 0 bridgehead atoms. The number of hydrogen-bond acceptors (Lipinski definition) is 5. The van der Waals surface area contributed by atoms with E-state index < -0.39 is 5.97 Å². The lowest BCUT2D eigenvalue weighted by Gasteiger charge is -2.14. The summed E-state index contributed by atoms with van der Waals surface area (Å²) < 4.78 is 6.72. The molecule has 2 heterocycles. The quantitative estimate of drug-likeness (QED) is 0.678. The number of aromatic nitrogens is 3. The second kappa shape index (κ2) is 7.99. The zero-order valence-corrected chi connectivity index (χ0v) is 15.7. The van der Waals surface area contributed by atoms with Crippen molar-refractivity contribution in [2.45, 2.75) is 33.6 Å². The molecule has 0 aliphatic heterocycles. The van der Waals surface area contributed by atoms with Crippen molar-refractivity contribution in [1.82, 2.24) is 14.6 Å². The first-order chi connectivity index (χ1) is 13.0. The summed E-state index contributed by atoms with van der Waals surface area (Å²) in [7, 11) is 0. The van der Waals surface area contributed by atoms with Gasteiger partial charge in [-0.25, -0.2) is 14.3 Å². The van der Waals surface area contributed by atoms with Crippen LogP contribution >= 0.6 is 0 Å². The molecule has 0 spiro atoms. The van der Waals surface area contributed by atoms with Crippen LogP contribution in [-0.4, -0.2) is 33.1 Å². The van der Waals surface area contributed by atoms with Gasteiger partial charge in [-0.1, -0.05) is 32.0 Å². The van der Waals surface area contributed by atoms with Crippen molar-refractivity contribution < 1.29 is 14.3 Å². The normalized spacial score (nSPS) is 10.8. The number of rotatable bonds is 6. The smallest absolute Gasteiger partial charge is 0.344 e. The van der Waals surface area contributed by atoms with Crippen molar-refractivity contribution in [2.24, 2.45) is 0 Å². The largest absolute Gasteiger partial charge is 0.452 e. The van der Waals surface area contributed by atoms with E-state index in [2.05, 4.69) is 15.4 Å². The Morgan fingerprint density at radius 2 is 1.85 bits per heavy atom. The predicted molar refractivity (Wildman–Crippen MR) is 102 cm³/mol. The Morgan fingerprint density at radius 3 is 2.52 bits per heavy atom. The number of para-hydroxylation sites is 1. The summed E-state index contributed by atoms with van der Waals surface area (Å²) in [5.74, 6) is -0.989. The lowest BCUT2D eigenvalue weighted by Crippen LogP contribution is -2.22. The molecule has 27 heavy (non-hydrogen) atoms. The van der Waals surface area contributed by atoms with Gasteiger partial charge >= 0.3 is 5.97 Å². The monoisotopic (exact) mass is 366 g/mol. The number of hydrogen-bond donors (Lipinski definition) is 1. The van der Waals surface area contributed by atoms with Gasteiger partial charge in [0.25, 0.3) is 5.91 Å². The third kappa shape index (κ3) is 3.81. The fourth-order valence-electron chi connectivity index (χ4n) is 3.02. The van der Waals surface area contributed by atoms with Gasteiger partial charge in [0.1, 0.15) is 5.56 Å². The van der Waals surface area contributed by atoms with Crippen LogP contribution in [0.1, 0.15) is 41.0 Å². The van der Waals surface area contributed by atoms with Gasteiger partial charge < -0.3 is 10.1 Å². The second-order valence-corrected chi connectivity index (χ2v) is 6.13. The van der Waals surface area contributed by atoms with Crippen LogP contribution in [-0.2, 0) is 22.4 Å². The Bertz CT molecular complexity index is 972. The van der Waals surface area contributed by atoms with Crippen molar-refractivity contribution >= 4 is 23.2 Å². The summed E-state index contributed by atoms with van der Waals surface area (Å²) in [6, 6.07) is 7.66. The molecule has 0 aliphatic carbocycles. The van der Waals surface area contributed by atoms with E-state index in [1.807, 2.05) is 32.0 Å². The van der Waals surface area contributed by atoms with Gasteiger partial charge in [0.15, 0.2) is 12.3 Å². The number of ether oxygens (including phenoxy) is 1. The summed E-state index contributed by atoms with van der Waals surface area (Å²) in [5.41, 5.74) is 4.09. The number of aryl methyl sites for hydroxylation is 3. The molecule has 0 fully saturated rings. The first-order valence-corrected chi connectivity index (χ1v) is 8.92. The number of carbonyl (C=O) groups excluding carboxylic acids is 2. The molecule has 0 saturated carbocycles. The molecule has 2 aromatic heterocycles. The van der Waals surface area contributed by atoms with E-state index in [0.29, 0.717) is 11.3 Å². The number of esters is 1. The molecule has 140 valence electrons. The molecule has 0 radical (unpaired) electrons. The summed E-state index contributed by atoms with van der Waals surface area (Å²) >= 11 is 0. The van der Waals surface area contributed by atoms with Crippen molar-refractivity contribution in [3.63, 3.8) is 0 Å². The molecule has 3 aromatic rings. The van der Waals surface area contributed by atoms with E-state index >= 15 is 0 Å². The third-order valence-corrected chi connectivity index (χ3v) is 4.37. The molecule has 1 aromatic carbocycles. The van der Waals surface area contributed by atoms with E-state index in [1.54, 1.807) is 25.4 Å². The van der Waals surface area contributed by atoms with Gasteiger partial charge in [0.05, 0.1) is 5.69 Å². The van der Waals surface area contributed by atoms with E-state index in [9.17, 15) is 9.59 Å². The molecule has 3 rings (SSSR count). The molecular weight excluding hydrogens is 344 g/mol. The number of carbonyl (C=O) groups is 2. The van der Waals surface area contributed by atoms with Gasteiger partial charge in [0, 0.05) is 18.1 Å². The van der Waals surface area contributed by atoms with Crippen LogP contribution in [0.2, 0.25) is 0 Å². The average molecular weight is 366 g/mol. The van der Waals surface area contributed by atoms with Gasteiger partial charge in [-0.05, 0) is 37.0 Å². The molecule has 0 saturated heterocycles. The zero-order valence-electron chi connectivity index (χ0n) is 15.7. The number of amides is 1. The Balaban J connectivity index is 1.71. The van der Waals surface area contributed by atoms with Crippen LogP contribution in [0.15, 0.2) is 36.7 Å². The first-order valence-electron chi connectivity index (χ1n) is 8.92. The molecule has 7 nitrogen and oxygen atoms in total. The first kappa shape index (κ1) is 18.6. The van der Waals surface area contributed by atoms with Gasteiger partial charge in [0.2, 0.25) is 0 Å². The number of anilines is 1. The number of benzene rings is 1. The van der Waals surface area contributed by atoms with E-state index in [1.165, 1.54) is 4.52 Å². The van der Waals surface area contributed by atoms with Crippen LogP contribution in [0.3, 0.4) is 0 Å². The molecule has 0 aliphatic rings. The Morgan fingerprint density at radius 1 is 1.15 bits per heavy atom. The summed E-state index contributed by atoms with van der Waals surface area (Å²) in [6.45, 7) is 5.40. The maximum absolute atomic E-state index is 12.4. The van der Waals surface area contributed by atoms with Gasteiger partial charge in [-0.3, -0.25) is 4.79 Å². The third-order valence-electron chi connectivity index (χ3n) is 4.37. The lowest BCUT2D eigenvalue weighted by molar-refractivity contribution is -0.119.